The second-order valence-electron chi connectivity index (χ2n) is 7.91. The molecule has 0 aliphatic rings. The normalized spacial score (nSPS) is 12.5. The Labute approximate surface area is 179 Å². The maximum atomic E-state index is 13.5. The Bertz CT molecular complexity index is 1050. The highest BCUT2D eigenvalue weighted by molar-refractivity contribution is 6.31. The van der Waals surface area contributed by atoms with Crippen LogP contribution in [0.5, 0.6) is 0 Å². The number of rotatable bonds is 5. The summed E-state index contributed by atoms with van der Waals surface area (Å²) in [5.74, 6) is 0.286. The lowest BCUT2D eigenvalue weighted by Gasteiger charge is -2.22. The third-order valence-electron chi connectivity index (χ3n) is 4.15. The van der Waals surface area contributed by atoms with Gasteiger partial charge in [-0.25, -0.2) is 9.18 Å². The van der Waals surface area contributed by atoms with Crippen molar-refractivity contribution in [2.75, 3.05) is 0 Å². The van der Waals surface area contributed by atoms with Crippen molar-refractivity contribution < 1.29 is 18.4 Å². The highest BCUT2D eigenvalue weighted by atomic mass is 35.5. The molecule has 3 aromatic rings. The lowest BCUT2D eigenvalue weighted by Crippen LogP contribution is -2.36. The quantitative estimate of drug-likeness (QED) is 0.565. The van der Waals surface area contributed by atoms with Gasteiger partial charge in [-0.15, -0.1) is 0 Å². The Hall–Kier alpha value is -2.93. The second kappa shape index (κ2) is 8.83. The van der Waals surface area contributed by atoms with Gasteiger partial charge >= 0.3 is 6.09 Å². The van der Waals surface area contributed by atoms with Crippen LogP contribution in [0.25, 0.3) is 11.1 Å². The standard InChI is InChI=1S/C22H23ClFN3O3/c1-13-25-20(30-27-13)19(26-21(28)29-22(2,3)4)11-14-6-5-7-15(10-14)16-8-9-18(24)17(23)12-16/h5-10,12,19H,11H2,1-4H3,(H,26,28). The number of alkyl carbamates (subject to hydrolysis) is 1. The number of ether oxygens (including phenoxy) is 1. The summed E-state index contributed by atoms with van der Waals surface area (Å²) in [6.45, 7) is 7.07. The van der Waals surface area contributed by atoms with E-state index in [1.54, 1.807) is 39.8 Å². The molecule has 0 spiro atoms. The van der Waals surface area contributed by atoms with Crippen molar-refractivity contribution in [1.82, 2.24) is 15.5 Å². The van der Waals surface area contributed by atoms with E-state index < -0.39 is 23.6 Å². The average molecular weight is 432 g/mol. The number of hydrogen-bond donors (Lipinski definition) is 1. The van der Waals surface area contributed by atoms with E-state index in [0.717, 1.165) is 16.7 Å². The summed E-state index contributed by atoms with van der Waals surface area (Å²) in [4.78, 5) is 16.6. The number of nitrogens with one attached hydrogen (secondary N) is 1. The lowest BCUT2D eigenvalue weighted by molar-refractivity contribution is 0.0493. The molecule has 30 heavy (non-hydrogen) atoms. The summed E-state index contributed by atoms with van der Waals surface area (Å²) in [5.41, 5.74) is 1.92. The smallest absolute Gasteiger partial charge is 0.408 e. The minimum absolute atomic E-state index is 0.0590. The number of amides is 1. The van der Waals surface area contributed by atoms with E-state index in [1.165, 1.54) is 6.07 Å². The van der Waals surface area contributed by atoms with E-state index in [-0.39, 0.29) is 10.9 Å². The van der Waals surface area contributed by atoms with Gasteiger partial charge in [0, 0.05) is 6.42 Å². The number of carbonyl (C=O) groups is 1. The number of carbonyl (C=O) groups excluding carboxylic acids is 1. The molecule has 158 valence electrons. The monoisotopic (exact) mass is 431 g/mol. The van der Waals surface area contributed by atoms with E-state index in [4.69, 9.17) is 20.9 Å². The third kappa shape index (κ3) is 5.79. The van der Waals surface area contributed by atoms with Crippen LogP contribution < -0.4 is 5.32 Å². The zero-order valence-corrected chi connectivity index (χ0v) is 18.0. The first-order chi connectivity index (χ1) is 14.1. The van der Waals surface area contributed by atoms with Crippen molar-refractivity contribution in [2.24, 2.45) is 0 Å². The largest absolute Gasteiger partial charge is 0.444 e. The number of hydrogen-bond acceptors (Lipinski definition) is 5. The van der Waals surface area contributed by atoms with Crippen LogP contribution >= 0.6 is 11.6 Å². The lowest BCUT2D eigenvalue weighted by atomic mass is 9.99. The predicted octanol–water partition coefficient (Wildman–Crippen LogP) is 5.65. The molecule has 1 heterocycles. The van der Waals surface area contributed by atoms with Gasteiger partial charge in [0.25, 0.3) is 0 Å². The molecule has 0 radical (unpaired) electrons. The van der Waals surface area contributed by atoms with Crippen LogP contribution in [-0.4, -0.2) is 21.8 Å². The molecule has 0 saturated carbocycles. The molecule has 2 aromatic carbocycles. The van der Waals surface area contributed by atoms with Crippen molar-refractivity contribution >= 4 is 17.7 Å². The van der Waals surface area contributed by atoms with Crippen molar-refractivity contribution in [3.8, 4) is 11.1 Å². The third-order valence-corrected chi connectivity index (χ3v) is 4.44. The fraction of sp³-hybridized carbons (Fsp3) is 0.318. The summed E-state index contributed by atoms with van der Waals surface area (Å²) in [7, 11) is 0. The first-order valence-corrected chi connectivity index (χ1v) is 9.82. The molecule has 8 heteroatoms. The Morgan fingerprint density at radius 3 is 2.60 bits per heavy atom. The predicted molar refractivity (Wildman–Crippen MR) is 112 cm³/mol. The van der Waals surface area contributed by atoms with Crippen molar-refractivity contribution in [2.45, 2.75) is 45.8 Å². The number of benzene rings is 2. The fourth-order valence-electron chi connectivity index (χ4n) is 2.89. The Kier molecular flexibility index (Phi) is 6.41. The minimum atomic E-state index is -0.638. The van der Waals surface area contributed by atoms with E-state index >= 15 is 0 Å². The van der Waals surface area contributed by atoms with Gasteiger partial charge in [-0.3, -0.25) is 0 Å². The SMILES string of the molecule is Cc1noc(C(Cc2cccc(-c3ccc(F)c(Cl)c3)c2)NC(=O)OC(C)(C)C)n1. The topological polar surface area (TPSA) is 77.2 Å². The fourth-order valence-corrected chi connectivity index (χ4v) is 3.07. The summed E-state index contributed by atoms with van der Waals surface area (Å²) >= 11 is 5.92. The van der Waals surface area contributed by atoms with Gasteiger partial charge in [0.2, 0.25) is 5.89 Å². The first-order valence-electron chi connectivity index (χ1n) is 9.45. The molecule has 3 rings (SSSR count). The van der Waals surface area contributed by atoms with Gasteiger partial charge in [-0.05, 0) is 56.5 Å². The molecule has 0 aliphatic carbocycles. The zero-order valence-electron chi connectivity index (χ0n) is 17.2. The number of nitrogens with zero attached hydrogens (tertiary/aromatic N) is 2. The number of halogens is 2. The summed E-state index contributed by atoms with van der Waals surface area (Å²) in [6, 6.07) is 11.6. The molecule has 1 atom stereocenters. The Morgan fingerprint density at radius 1 is 1.23 bits per heavy atom. The van der Waals surface area contributed by atoms with Gasteiger partial charge in [0.1, 0.15) is 17.5 Å². The molecular formula is C22H23ClFN3O3. The van der Waals surface area contributed by atoms with E-state index in [9.17, 15) is 9.18 Å². The Balaban J connectivity index is 1.85. The maximum Gasteiger partial charge on any atom is 0.408 e. The highest BCUT2D eigenvalue weighted by Crippen LogP contribution is 2.27. The summed E-state index contributed by atoms with van der Waals surface area (Å²) in [5, 5.41) is 6.67. The van der Waals surface area contributed by atoms with Gasteiger partial charge in [0.05, 0.1) is 5.02 Å². The Morgan fingerprint density at radius 2 is 1.97 bits per heavy atom. The van der Waals surface area contributed by atoms with Gasteiger partial charge in [-0.1, -0.05) is 47.1 Å². The molecule has 1 N–H and O–H groups in total. The highest BCUT2D eigenvalue weighted by Gasteiger charge is 2.24. The minimum Gasteiger partial charge on any atom is -0.444 e. The van der Waals surface area contributed by atoms with Gasteiger partial charge < -0.3 is 14.6 Å². The molecular weight excluding hydrogens is 409 g/mol. The number of aryl methyl sites for hydroxylation is 1. The van der Waals surface area contributed by atoms with Crippen molar-refractivity contribution in [3.63, 3.8) is 0 Å². The molecule has 0 saturated heterocycles. The average Bonchev–Trinajstić information content (AvgIpc) is 3.08. The van der Waals surface area contributed by atoms with Crippen LogP contribution in [0.3, 0.4) is 0 Å². The van der Waals surface area contributed by atoms with Crippen LogP contribution in [0.1, 0.15) is 44.1 Å². The van der Waals surface area contributed by atoms with Crippen LogP contribution in [0.15, 0.2) is 47.0 Å². The van der Waals surface area contributed by atoms with E-state index in [1.807, 2.05) is 24.3 Å². The summed E-state index contributed by atoms with van der Waals surface area (Å²) < 4.78 is 24.1. The molecule has 1 unspecified atom stereocenters. The van der Waals surface area contributed by atoms with Crippen LogP contribution in [0, 0.1) is 12.7 Å². The van der Waals surface area contributed by atoms with Crippen molar-refractivity contribution in [1.29, 1.82) is 0 Å². The van der Waals surface area contributed by atoms with Crippen LogP contribution in [-0.2, 0) is 11.2 Å². The first kappa shape index (κ1) is 21.8. The molecule has 0 fully saturated rings. The van der Waals surface area contributed by atoms with Crippen LogP contribution in [0.2, 0.25) is 5.02 Å². The maximum absolute atomic E-state index is 13.5. The molecule has 0 aliphatic heterocycles. The van der Waals surface area contributed by atoms with E-state index in [2.05, 4.69) is 15.5 Å². The van der Waals surface area contributed by atoms with Crippen molar-refractivity contribution in [3.05, 3.63) is 70.6 Å². The van der Waals surface area contributed by atoms with E-state index in [0.29, 0.717) is 12.2 Å². The molecule has 0 bridgehead atoms. The molecule has 1 amide bonds. The summed E-state index contributed by atoms with van der Waals surface area (Å²) in [6.07, 6.45) is -0.186. The van der Waals surface area contributed by atoms with Gasteiger partial charge in [-0.2, -0.15) is 4.98 Å². The number of aromatic nitrogens is 2. The second-order valence-corrected chi connectivity index (χ2v) is 8.32. The molecule has 1 aromatic heterocycles. The van der Waals surface area contributed by atoms with Gasteiger partial charge in [0.15, 0.2) is 5.82 Å². The molecule has 6 nitrogen and oxygen atoms in total. The van der Waals surface area contributed by atoms with Crippen LogP contribution in [0.4, 0.5) is 9.18 Å². The zero-order chi connectivity index (χ0) is 21.9.